The van der Waals surface area contributed by atoms with Gasteiger partial charge in [-0.2, -0.15) is 0 Å². The summed E-state index contributed by atoms with van der Waals surface area (Å²) < 4.78 is 7.02. The van der Waals surface area contributed by atoms with Gasteiger partial charge in [-0.1, -0.05) is 43.2 Å². The first-order valence-electron chi connectivity index (χ1n) is 9.84. The quantitative estimate of drug-likeness (QED) is 0.675. The second-order valence-corrected chi connectivity index (χ2v) is 8.64. The zero-order valence-corrected chi connectivity index (χ0v) is 15.2. The summed E-state index contributed by atoms with van der Waals surface area (Å²) in [5.41, 5.74) is -0.809. The van der Waals surface area contributed by atoms with Crippen molar-refractivity contribution in [2.24, 2.45) is 11.8 Å². The molecule has 4 aliphatic rings. The van der Waals surface area contributed by atoms with E-state index >= 15 is 0 Å². The normalized spacial score (nSPS) is 34.6. The second kappa shape index (κ2) is 6.40. The molecule has 1 saturated carbocycles. The van der Waals surface area contributed by atoms with Gasteiger partial charge in [0.2, 0.25) is 0 Å². The molecule has 0 amide bonds. The minimum Gasteiger partial charge on any atom is -0.454 e. The van der Waals surface area contributed by atoms with Crippen LogP contribution in [0.2, 0.25) is 0 Å². The van der Waals surface area contributed by atoms with E-state index in [0.717, 1.165) is 49.6 Å². The average Bonchev–Trinajstić information content (AvgIpc) is 3.17. The molecule has 3 saturated heterocycles. The molecule has 0 radical (unpaired) electrons. The van der Waals surface area contributed by atoms with E-state index in [1.807, 2.05) is 30.3 Å². The molecule has 2 bridgehead atoms. The molecule has 3 heterocycles. The maximum atomic E-state index is 13.2. The molecule has 1 unspecified atom stereocenters. The third kappa shape index (κ3) is 3.00. The van der Waals surface area contributed by atoms with Gasteiger partial charge < -0.3 is 14.3 Å². The van der Waals surface area contributed by atoms with Crippen LogP contribution < -0.4 is 0 Å². The number of piperidine rings is 3. The number of quaternary nitrogens is 1. The van der Waals surface area contributed by atoms with Gasteiger partial charge >= 0.3 is 5.97 Å². The van der Waals surface area contributed by atoms with Crippen LogP contribution in [0.1, 0.15) is 44.1 Å². The molecule has 4 nitrogen and oxygen atoms in total. The van der Waals surface area contributed by atoms with E-state index in [-0.39, 0.29) is 12.0 Å². The van der Waals surface area contributed by atoms with Gasteiger partial charge in [0.1, 0.15) is 6.54 Å². The van der Waals surface area contributed by atoms with Crippen LogP contribution in [0, 0.1) is 11.8 Å². The number of hydrogen-bond donors (Lipinski definition) is 1. The van der Waals surface area contributed by atoms with Crippen LogP contribution in [-0.2, 0) is 15.1 Å². The van der Waals surface area contributed by atoms with Gasteiger partial charge in [-0.15, -0.1) is 0 Å². The Morgan fingerprint density at radius 1 is 1.12 bits per heavy atom. The molecule has 4 fully saturated rings. The molecule has 1 aliphatic carbocycles. The molecule has 0 aromatic heterocycles. The van der Waals surface area contributed by atoms with Gasteiger partial charge in [-0.3, -0.25) is 0 Å². The summed E-state index contributed by atoms with van der Waals surface area (Å²) >= 11 is 0. The van der Waals surface area contributed by atoms with E-state index in [9.17, 15) is 9.90 Å². The third-order valence-corrected chi connectivity index (χ3v) is 6.96. The summed E-state index contributed by atoms with van der Waals surface area (Å²) in [4.78, 5) is 13.2. The van der Waals surface area contributed by atoms with Gasteiger partial charge in [0.25, 0.3) is 0 Å². The van der Waals surface area contributed by atoms with Crippen LogP contribution in [-0.4, -0.2) is 48.3 Å². The van der Waals surface area contributed by atoms with E-state index in [1.54, 1.807) is 0 Å². The molecular formula is C21H30NO3+. The van der Waals surface area contributed by atoms with Crippen molar-refractivity contribution in [2.75, 3.05) is 26.7 Å². The van der Waals surface area contributed by atoms with Crippen molar-refractivity contribution >= 4 is 5.97 Å². The van der Waals surface area contributed by atoms with Crippen LogP contribution in [0.4, 0.5) is 0 Å². The van der Waals surface area contributed by atoms with Crippen molar-refractivity contribution in [1.82, 2.24) is 0 Å². The number of aliphatic hydroxyl groups is 1. The number of fused-ring (bicyclic) bond motifs is 3. The Morgan fingerprint density at radius 2 is 1.76 bits per heavy atom. The Kier molecular flexibility index (Phi) is 4.37. The standard InChI is InChI=1S/C21H30NO3/c1-22-13-11-16(12-14-22)19(15-22)25-20(23)21(24,18-9-5-6-10-18)17-7-3-2-4-8-17/h2-4,7-8,16,18-19,24H,5-6,9-15H2,1H3/q+1/t16?,19-,21?,22?/m0/s1. The molecule has 5 rings (SSSR count). The van der Waals surface area contributed by atoms with Crippen molar-refractivity contribution in [2.45, 2.75) is 50.2 Å². The highest BCUT2D eigenvalue weighted by Crippen LogP contribution is 2.43. The highest BCUT2D eigenvalue weighted by molar-refractivity contribution is 5.81. The monoisotopic (exact) mass is 344 g/mol. The Morgan fingerprint density at radius 3 is 2.36 bits per heavy atom. The lowest BCUT2D eigenvalue weighted by Gasteiger charge is -2.50. The fourth-order valence-corrected chi connectivity index (χ4v) is 5.27. The van der Waals surface area contributed by atoms with E-state index in [1.165, 1.54) is 13.1 Å². The summed E-state index contributed by atoms with van der Waals surface area (Å²) in [5, 5.41) is 11.5. The number of benzene rings is 1. The zero-order valence-electron chi connectivity index (χ0n) is 15.2. The van der Waals surface area contributed by atoms with E-state index in [2.05, 4.69) is 7.05 Å². The summed E-state index contributed by atoms with van der Waals surface area (Å²) in [6.07, 6.45) is 6.15. The number of hydrogen-bond acceptors (Lipinski definition) is 3. The minimum atomic E-state index is -1.50. The van der Waals surface area contributed by atoms with Crippen LogP contribution in [0.5, 0.6) is 0 Å². The fraction of sp³-hybridized carbons (Fsp3) is 0.667. The number of nitrogens with zero attached hydrogens (tertiary/aromatic N) is 1. The maximum Gasteiger partial charge on any atom is 0.343 e. The minimum absolute atomic E-state index is 0.0340. The van der Waals surface area contributed by atoms with Crippen molar-refractivity contribution in [3.8, 4) is 0 Å². The molecular weight excluding hydrogens is 314 g/mol. The first-order valence-corrected chi connectivity index (χ1v) is 9.84. The Bertz CT molecular complexity index is 617. The largest absolute Gasteiger partial charge is 0.454 e. The van der Waals surface area contributed by atoms with Gasteiger partial charge in [0.05, 0.1) is 20.1 Å². The summed E-state index contributed by atoms with van der Waals surface area (Å²) in [5.74, 6) is 0.0108. The number of rotatable bonds is 4. The highest BCUT2D eigenvalue weighted by Gasteiger charge is 2.51. The van der Waals surface area contributed by atoms with Crippen LogP contribution >= 0.6 is 0 Å². The molecule has 2 atom stereocenters. The predicted molar refractivity (Wildman–Crippen MR) is 95.7 cm³/mol. The van der Waals surface area contributed by atoms with Gasteiger partial charge in [-0.05, 0) is 18.4 Å². The van der Waals surface area contributed by atoms with Crippen molar-refractivity contribution in [3.63, 3.8) is 0 Å². The van der Waals surface area contributed by atoms with Crippen LogP contribution in [0.15, 0.2) is 30.3 Å². The molecule has 136 valence electrons. The molecule has 0 spiro atoms. The number of likely N-dealkylation sites (N-methyl/N-ethyl adjacent to an activating group) is 1. The molecule has 1 aromatic rings. The van der Waals surface area contributed by atoms with Crippen LogP contribution in [0.3, 0.4) is 0 Å². The Balaban J connectivity index is 1.58. The lowest BCUT2D eigenvalue weighted by Crippen LogP contribution is -2.63. The molecule has 4 heteroatoms. The van der Waals surface area contributed by atoms with Gasteiger partial charge in [0, 0.05) is 24.7 Å². The highest BCUT2D eigenvalue weighted by atomic mass is 16.6. The number of ether oxygens (including phenoxy) is 1. The summed E-state index contributed by atoms with van der Waals surface area (Å²) in [6, 6.07) is 9.43. The molecule has 3 aliphatic heterocycles. The van der Waals surface area contributed by atoms with E-state index < -0.39 is 11.6 Å². The number of esters is 1. The van der Waals surface area contributed by atoms with Crippen molar-refractivity contribution in [3.05, 3.63) is 35.9 Å². The van der Waals surface area contributed by atoms with E-state index in [0.29, 0.717) is 11.5 Å². The van der Waals surface area contributed by atoms with E-state index in [4.69, 9.17) is 4.74 Å². The maximum absolute atomic E-state index is 13.2. The molecule has 1 aromatic carbocycles. The number of carbonyl (C=O) groups excluding carboxylic acids is 1. The average molecular weight is 344 g/mol. The third-order valence-electron chi connectivity index (χ3n) is 6.96. The lowest BCUT2D eigenvalue weighted by atomic mass is 9.79. The Labute approximate surface area is 150 Å². The fourth-order valence-electron chi connectivity index (χ4n) is 5.27. The smallest absolute Gasteiger partial charge is 0.343 e. The summed E-state index contributed by atoms with van der Waals surface area (Å²) in [6.45, 7) is 3.26. The topological polar surface area (TPSA) is 46.5 Å². The number of carbonyl (C=O) groups is 1. The first kappa shape index (κ1) is 17.0. The summed E-state index contributed by atoms with van der Waals surface area (Å²) in [7, 11) is 2.26. The Hall–Kier alpha value is -1.39. The lowest BCUT2D eigenvalue weighted by molar-refractivity contribution is -0.928. The second-order valence-electron chi connectivity index (χ2n) is 8.64. The van der Waals surface area contributed by atoms with Crippen molar-refractivity contribution < 1.29 is 19.1 Å². The van der Waals surface area contributed by atoms with Crippen molar-refractivity contribution in [1.29, 1.82) is 0 Å². The SMILES string of the molecule is C[N+]12CCC(CC1)[C@@H](OC(=O)C(O)(c1ccccc1)C1CCCC1)C2. The first-order chi connectivity index (χ1) is 12.0. The molecule has 25 heavy (non-hydrogen) atoms. The molecule has 1 N–H and O–H groups in total. The zero-order chi connectivity index (χ0) is 17.5. The van der Waals surface area contributed by atoms with Gasteiger partial charge in [-0.25, -0.2) is 4.79 Å². The van der Waals surface area contributed by atoms with Crippen LogP contribution in [0.25, 0.3) is 0 Å². The van der Waals surface area contributed by atoms with Gasteiger partial charge in [0.15, 0.2) is 11.7 Å². The predicted octanol–water partition coefficient (Wildman–Crippen LogP) is 2.85.